The maximum absolute atomic E-state index is 10.5. The first-order chi connectivity index (χ1) is 16.5. The number of ether oxygens (including phenoxy) is 2. The Morgan fingerprint density at radius 2 is 1.44 bits per heavy atom. The molecule has 1 fully saturated rings. The monoisotopic (exact) mass is 458 g/mol. The average Bonchev–Trinajstić information content (AvgIpc) is 2.88. The van der Waals surface area contributed by atoms with Gasteiger partial charge in [-0.1, -0.05) is 84.9 Å². The minimum Gasteiger partial charge on any atom is -0.461 e. The molecule has 0 aliphatic carbocycles. The van der Waals surface area contributed by atoms with Crippen LogP contribution in [0.3, 0.4) is 0 Å². The van der Waals surface area contributed by atoms with Crippen molar-refractivity contribution in [1.82, 2.24) is 0 Å². The van der Waals surface area contributed by atoms with E-state index in [0.717, 1.165) is 32.7 Å². The molecule has 5 atom stereocenters. The van der Waals surface area contributed by atoms with Crippen LogP contribution in [0.2, 0.25) is 0 Å². The predicted molar refractivity (Wildman–Crippen MR) is 131 cm³/mol. The molecule has 1 aliphatic heterocycles. The van der Waals surface area contributed by atoms with E-state index in [-0.39, 0.29) is 0 Å². The van der Waals surface area contributed by atoms with E-state index in [2.05, 4.69) is 24.3 Å². The van der Waals surface area contributed by atoms with E-state index < -0.39 is 37.3 Å². The van der Waals surface area contributed by atoms with E-state index in [1.165, 1.54) is 0 Å². The van der Waals surface area contributed by atoms with E-state index in [1.807, 2.05) is 66.7 Å². The summed E-state index contributed by atoms with van der Waals surface area (Å²) in [4.78, 5) is 0. The first kappa shape index (κ1) is 22.5. The second kappa shape index (κ2) is 9.54. The lowest BCUT2D eigenvalue weighted by molar-refractivity contribution is -0.277. The van der Waals surface area contributed by atoms with E-state index in [9.17, 15) is 20.4 Å². The van der Waals surface area contributed by atoms with Gasteiger partial charge < -0.3 is 29.9 Å². The highest BCUT2D eigenvalue weighted by molar-refractivity contribution is 5.93. The molecule has 174 valence electrons. The van der Waals surface area contributed by atoms with Gasteiger partial charge in [0.15, 0.2) is 0 Å². The van der Waals surface area contributed by atoms with Crippen LogP contribution in [0.4, 0.5) is 0 Å². The smallest absolute Gasteiger partial charge is 0.229 e. The molecule has 0 bridgehead atoms. The highest BCUT2D eigenvalue weighted by Gasteiger charge is 2.45. The second-order valence-electron chi connectivity index (χ2n) is 8.46. The van der Waals surface area contributed by atoms with E-state index >= 15 is 0 Å². The van der Waals surface area contributed by atoms with Crippen molar-refractivity contribution in [2.24, 2.45) is 0 Å². The van der Waals surface area contributed by atoms with Gasteiger partial charge in [-0.3, -0.25) is 0 Å². The molecule has 6 heteroatoms. The quantitative estimate of drug-likeness (QED) is 0.343. The van der Waals surface area contributed by atoms with Gasteiger partial charge in [0, 0.05) is 10.9 Å². The fourth-order valence-electron chi connectivity index (χ4n) is 4.30. The van der Waals surface area contributed by atoms with Gasteiger partial charge in [0.25, 0.3) is 0 Å². The van der Waals surface area contributed by atoms with Crippen molar-refractivity contribution in [3.8, 4) is 5.75 Å². The lowest BCUT2D eigenvalue weighted by Crippen LogP contribution is -2.60. The van der Waals surface area contributed by atoms with Crippen molar-refractivity contribution < 1.29 is 29.9 Å². The third kappa shape index (κ3) is 4.30. The number of aliphatic hydroxyl groups excluding tert-OH is 4. The van der Waals surface area contributed by atoms with Crippen molar-refractivity contribution >= 4 is 33.7 Å². The van der Waals surface area contributed by atoms with Gasteiger partial charge in [-0.05, 0) is 27.8 Å². The Bertz CT molecular complexity index is 1330. The van der Waals surface area contributed by atoms with Crippen LogP contribution in [-0.2, 0) is 4.74 Å². The summed E-state index contributed by atoms with van der Waals surface area (Å²) in [5, 5.41) is 44.3. The molecule has 1 aliphatic rings. The molecule has 4 aromatic carbocycles. The van der Waals surface area contributed by atoms with Gasteiger partial charge in [0.1, 0.15) is 30.2 Å². The summed E-state index contributed by atoms with van der Waals surface area (Å²) >= 11 is 0. The normalized spacial score (nSPS) is 25.2. The SMILES string of the molecule is OCC1OC(Oc2c(/C=C/c3ccc4ccccc4c3)ccc3ccccc23)[C@H](O)[C@@H](O)[C@@H]1O. The zero-order chi connectivity index (χ0) is 23.7. The van der Waals surface area contributed by atoms with Crippen LogP contribution in [0.15, 0.2) is 78.9 Å². The Kier molecular flexibility index (Phi) is 6.32. The summed E-state index contributed by atoms with van der Waals surface area (Å²) in [6.07, 6.45) is -2.85. The summed E-state index contributed by atoms with van der Waals surface area (Å²) in [5.74, 6) is 0.472. The second-order valence-corrected chi connectivity index (χ2v) is 8.46. The summed E-state index contributed by atoms with van der Waals surface area (Å²) in [6, 6.07) is 25.9. The van der Waals surface area contributed by atoms with Crippen molar-refractivity contribution in [3.63, 3.8) is 0 Å². The number of hydrogen-bond donors (Lipinski definition) is 4. The standard InChI is InChI=1S/C28H26O6/c29-16-23-24(30)25(31)26(32)28(33-23)34-27-20(14-13-19-6-3-4-8-22(19)27)12-10-17-9-11-18-5-1-2-7-21(18)15-17/h1-15,23-26,28-32H,16H2/b12-10+/t23?,24-,25+,26-,28?/m1/s1. The molecule has 0 saturated carbocycles. The molecule has 1 saturated heterocycles. The topological polar surface area (TPSA) is 99.4 Å². The molecule has 2 unspecified atom stereocenters. The third-order valence-electron chi connectivity index (χ3n) is 6.22. The molecule has 0 aromatic heterocycles. The summed E-state index contributed by atoms with van der Waals surface area (Å²) in [5.41, 5.74) is 1.77. The van der Waals surface area contributed by atoms with Gasteiger partial charge >= 0.3 is 0 Å². The zero-order valence-corrected chi connectivity index (χ0v) is 18.4. The van der Waals surface area contributed by atoms with Gasteiger partial charge in [-0.2, -0.15) is 0 Å². The van der Waals surface area contributed by atoms with Crippen molar-refractivity contribution in [3.05, 3.63) is 90.0 Å². The van der Waals surface area contributed by atoms with Gasteiger partial charge in [0.05, 0.1) is 6.61 Å². The van der Waals surface area contributed by atoms with Crippen LogP contribution in [0, 0.1) is 0 Å². The Balaban J connectivity index is 1.52. The highest BCUT2D eigenvalue weighted by atomic mass is 16.7. The maximum Gasteiger partial charge on any atom is 0.229 e. The fourth-order valence-corrected chi connectivity index (χ4v) is 4.30. The number of aliphatic hydroxyl groups is 4. The van der Waals surface area contributed by atoms with Crippen molar-refractivity contribution in [2.45, 2.75) is 30.7 Å². The molecule has 4 N–H and O–H groups in total. The minimum atomic E-state index is -1.51. The highest BCUT2D eigenvalue weighted by Crippen LogP contribution is 2.34. The van der Waals surface area contributed by atoms with E-state index in [1.54, 1.807) is 0 Å². The molecule has 0 amide bonds. The molecule has 5 rings (SSSR count). The molecule has 34 heavy (non-hydrogen) atoms. The number of rotatable bonds is 5. The lowest BCUT2D eigenvalue weighted by atomic mass is 9.99. The van der Waals surface area contributed by atoms with E-state index in [4.69, 9.17) is 9.47 Å². The first-order valence-corrected chi connectivity index (χ1v) is 11.2. The molecular weight excluding hydrogens is 432 g/mol. The molecular formula is C28H26O6. The zero-order valence-electron chi connectivity index (χ0n) is 18.4. The summed E-state index contributed by atoms with van der Waals surface area (Å²) < 4.78 is 11.7. The van der Waals surface area contributed by atoms with Gasteiger partial charge in [0.2, 0.25) is 6.29 Å². The molecule has 0 radical (unpaired) electrons. The van der Waals surface area contributed by atoms with Crippen LogP contribution >= 0.6 is 0 Å². The minimum absolute atomic E-state index is 0.472. The Labute approximate surface area is 196 Å². The maximum atomic E-state index is 10.5. The average molecular weight is 459 g/mol. The summed E-state index contributed by atoms with van der Waals surface area (Å²) in [7, 11) is 0. The summed E-state index contributed by atoms with van der Waals surface area (Å²) in [6.45, 7) is -0.519. The van der Waals surface area contributed by atoms with Crippen LogP contribution in [0.25, 0.3) is 33.7 Å². The Morgan fingerprint density at radius 1 is 0.735 bits per heavy atom. The molecule has 6 nitrogen and oxygen atoms in total. The number of fused-ring (bicyclic) bond motifs is 2. The molecule has 0 spiro atoms. The van der Waals surface area contributed by atoms with Gasteiger partial charge in [-0.25, -0.2) is 0 Å². The number of hydrogen-bond acceptors (Lipinski definition) is 6. The lowest BCUT2D eigenvalue weighted by Gasteiger charge is -2.39. The third-order valence-corrected chi connectivity index (χ3v) is 6.22. The van der Waals surface area contributed by atoms with Crippen LogP contribution in [-0.4, -0.2) is 57.7 Å². The van der Waals surface area contributed by atoms with Gasteiger partial charge in [-0.15, -0.1) is 0 Å². The first-order valence-electron chi connectivity index (χ1n) is 11.2. The predicted octanol–water partition coefficient (Wildman–Crippen LogP) is 3.34. The molecule has 4 aromatic rings. The van der Waals surface area contributed by atoms with Crippen LogP contribution < -0.4 is 4.74 Å². The fraction of sp³-hybridized carbons (Fsp3) is 0.214. The number of benzene rings is 4. The molecule has 1 heterocycles. The van der Waals surface area contributed by atoms with Crippen molar-refractivity contribution in [2.75, 3.05) is 6.61 Å². The van der Waals surface area contributed by atoms with E-state index in [0.29, 0.717) is 5.75 Å². The van der Waals surface area contributed by atoms with Crippen LogP contribution in [0.1, 0.15) is 11.1 Å². The Hall–Kier alpha value is -3.26. The van der Waals surface area contributed by atoms with Crippen LogP contribution in [0.5, 0.6) is 5.75 Å². The Morgan fingerprint density at radius 3 is 2.24 bits per heavy atom. The van der Waals surface area contributed by atoms with Crippen molar-refractivity contribution in [1.29, 1.82) is 0 Å². The largest absolute Gasteiger partial charge is 0.461 e.